The number of nitrogens with zero attached hydrogens (tertiary/aromatic N) is 1. The van der Waals surface area contributed by atoms with Gasteiger partial charge in [-0.05, 0) is 45.4 Å². The van der Waals surface area contributed by atoms with Crippen LogP contribution in [-0.4, -0.2) is 36.3 Å². The maximum Gasteiger partial charge on any atom is 0.410 e. The Kier molecular flexibility index (Phi) is 5.35. The van der Waals surface area contributed by atoms with E-state index < -0.39 is 5.60 Å². The van der Waals surface area contributed by atoms with Crippen molar-refractivity contribution in [2.45, 2.75) is 39.4 Å². The Morgan fingerprint density at radius 1 is 1.32 bits per heavy atom. The van der Waals surface area contributed by atoms with Crippen LogP contribution in [0.15, 0.2) is 24.3 Å². The second kappa shape index (κ2) is 6.88. The molecule has 1 saturated heterocycles. The zero-order chi connectivity index (χ0) is 16.3. The number of hydrogen-bond donors (Lipinski definition) is 0. The van der Waals surface area contributed by atoms with Crippen LogP contribution in [0.25, 0.3) is 0 Å². The lowest BCUT2D eigenvalue weighted by molar-refractivity contribution is -0.0563. The molecule has 22 heavy (non-hydrogen) atoms. The highest BCUT2D eigenvalue weighted by Gasteiger charge is 2.39. The van der Waals surface area contributed by atoms with Crippen molar-refractivity contribution in [1.82, 2.24) is 4.90 Å². The Hall–Kier alpha value is -1.26. The summed E-state index contributed by atoms with van der Waals surface area (Å²) in [4.78, 5) is 13.7. The van der Waals surface area contributed by atoms with Gasteiger partial charge in [-0.2, -0.15) is 0 Å². The molecule has 0 bridgehead atoms. The van der Waals surface area contributed by atoms with Gasteiger partial charge in [0, 0.05) is 30.6 Å². The topological polar surface area (TPSA) is 38.8 Å². The Bertz CT molecular complexity index is 504. The number of hydrogen-bond acceptors (Lipinski definition) is 3. The van der Waals surface area contributed by atoms with Crippen LogP contribution in [0.4, 0.5) is 4.79 Å². The molecule has 5 heteroatoms. The molecule has 1 heterocycles. The fourth-order valence-corrected chi connectivity index (χ4v) is 2.64. The lowest BCUT2D eigenvalue weighted by Crippen LogP contribution is -2.53. The van der Waals surface area contributed by atoms with Gasteiger partial charge >= 0.3 is 6.09 Å². The van der Waals surface area contributed by atoms with E-state index in [1.54, 1.807) is 4.90 Å². The molecule has 1 unspecified atom stereocenters. The first-order valence-corrected chi connectivity index (χ1v) is 8.03. The van der Waals surface area contributed by atoms with Gasteiger partial charge in [-0.3, -0.25) is 0 Å². The van der Waals surface area contributed by atoms with Crippen LogP contribution in [0.5, 0.6) is 0 Å². The number of amides is 1. The fourth-order valence-electron chi connectivity index (χ4n) is 2.52. The van der Waals surface area contributed by atoms with Gasteiger partial charge in [0.15, 0.2) is 0 Å². The molecule has 1 aromatic rings. The lowest BCUT2D eigenvalue weighted by atomic mass is 9.89. The minimum Gasteiger partial charge on any atom is -0.444 e. The molecule has 0 radical (unpaired) electrons. The van der Waals surface area contributed by atoms with Crippen LogP contribution in [0, 0.1) is 5.92 Å². The molecule has 0 saturated carbocycles. The minimum absolute atomic E-state index is 0.0130. The van der Waals surface area contributed by atoms with Crippen molar-refractivity contribution in [3.8, 4) is 0 Å². The summed E-state index contributed by atoms with van der Waals surface area (Å²) in [6.45, 7) is 9.55. The van der Waals surface area contributed by atoms with Crippen LogP contribution in [0.1, 0.15) is 39.4 Å². The highest BCUT2D eigenvalue weighted by atomic mass is 35.5. The summed E-state index contributed by atoms with van der Waals surface area (Å²) in [5.74, 6) is 0.286. The maximum atomic E-state index is 12.0. The van der Waals surface area contributed by atoms with Crippen molar-refractivity contribution >= 4 is 17.7 Å². The highest BCUT2D eigenvalue weighted by molar-refractivity contribution is 6.30. The van der Waals surface area contributed by atoms with E-state index in [1.165, 1.54) is 0 Å². The lowest BCUT2D eigenvalue weighted by Gasteiger charge is -2.43. The van der Waals surface area contributed by atoms with Gasteiger partial charge in [-0.15, -0.1) is 0 Å². The molecule has 4 nitrogen and oxygen atoms in total. The molecule has 1 amide bonds. The van der Waals surface area contributed by atoms with E-state index in [0.29, 0.717) is 24.7 Å². The predicted molar refractivity (Wildman–Crippen MR) is 87.1 cm³/mol. The second-order valence-corrected chi connectivity index (χ2v) is 7.01. The molecule has 0 N–H and O–H groups in total. The zero-order valence-electron chi connectivity index (χ0n) is 13.6. The van der Waals surface area contributed by atoms with Crippen LogP contribution >= 0.6 is 11.6 Å². The van der Waals surface area contributed by atoms with Gasteiger partial charge in [0.1, 0.15) is 5.60 Å². The minimum atomic E-state index is -0.461. The Morgan fingerprint density at radius 3 is 2.41 bits per heavy atom. The van der Waals surface area contributed by atoms with Crippen molar-refractivity contribution in [1.29, 1.82) is 0 Å². The van der Waals surface area contributed by atoms with Gasteiger partial charge in [0.25, 0.3) is 0 Å². The van der Waals surface area contributed by atoms with Crippen molar-refractivity contribution in [3.63, 3.8) is 0 Å². The van der Waals surface area contributed by atoms with Gasteiger partial charge in [-0.25, -0.2) is 4.79 Å². The monoisotopic (exact) mass is 325 g/mol. The summed E-state index contributed by atoms with van der Waals surface area (Å²) >= 11 is 5.94. The van der Waals surface area contributed by atoms with E-state index in [-0.39, 0.29) is 18.1 Å². The summed E-state index contributed by atoms with van der Waals surface area (Å²) in [6.07, 6.45) is -0.268. The smallest absolute Gasteiger partial charge is 0.410 e. The normalized spacial score (nSPS) is 17.0. The summed E-state index contributed by atoms with van der Waals surface area (Å²) in [5.41, 5.74) is 0.637. The summed E-state index contributed by atoms with van der Waals surface area (Å²) in [5, 5.41) is 0.711. The second-order valence-electron chi connectivity index (χ2n) is 6.57. The molecule has 1 atom stereocenters. The number of carbonyl (C=O) groups is 1. The fraction of sp³-hybridized carbons (Fsp3) is 0.588. The summed E-state index contributed by atoms with van der Waals surface area (Å²) in [7, 11) is 0. The third-order valence-corrected chi connectivity index (χ3v) is 3.79. The number of carbonyl (C=O) groups excluding carboxylic acids is 1. The molecule has 0 aliphatic carbocycles. The number of benzene rings is 1. The van der Waals surface area contributed by atoms with Crippen molar-refractivity contribution < 1.29 is 14.3 Å². The van der Waals surface area contributed by atoms with E-state index in [2.05, 4.69) is 0 Å². The molecule has 122 valence electrons. The molecule has 1 fully saturated rings. The first-order valence-electron chi connectivity index (χ1n) is 7.65. The Balaban J connectivity index is 1.96. The molecule has 2 rings (SSSR count). The number of likely N-dealkylation sites (tertiary alicyclic amines) is 1. The molecule has 1 aromatic carbocycles. The average molecular weight is 326 g/mol. The Morgan fingerprint density at radius 2 is 1.91 bits per heavy atom. The van der Waals surface area contributed by atoms with Crippen LogP contribution in [-0.2, 0) is 9.47 Å². The highest BCUT2D eigenvalue weighted by Crippen LogP contribution is 2.34. The van der Waals surface area contributed by atoms with Crippen molar-refractivity contribution in [2.24, 2.45) is 5.92 Å². The maximum absolute atomic E-state index is 12.0. The zero-order valence-corrected chi connectivity index (χ0v) is 14.4. The third kappa shape index (κ3) is 4.37. The van der Waals surface area contributed by atoms with E-state index in [0.717, 1.165) is 5.56 Å². The first kappa shape index (κ1) is 17.1. The molecular weight excluding hydrogens is 302 g/mol. The number of ether oxygens (including phenoxy) is 2. The van der Waals surface area contributed by atoms with Crippen LogP contribution < -0.4 is 0 Å². The SMILES string of the molecule is CCOC(c1ccc(Cl)cc1)C1CN(C(=O)OC(C)(C)C)C1. The molecule has 0 aromatic heterocycles. The Labute approximate surface area is 137 Å². The molecular formula is C17H24ClNO3. The van der Waals surface area contributed by atoms with Gasteiger partial charge in [-0.1, -0.05) is 23.7 Å². The standard InChI is InChI=1S/C17H24ClNO3/c1-5-21-15(12-6-8-14(18)9-7-12)13-10-19(11-13)16(20)22-17(2,3)4/h6-9,13,15H,5,10-11H2,1-4H3. The van der Waals surface area contributed by atoms with E-state index in [9.17, 15) is 4.79 Å². The molecule has 1 aliphatic rings. The van der Waals surface area contributed by atoms with Crippen molar-refractivity contribution in [2.75, 3.05) is 19.7 Å². The van der Waals surface area contributed by atoms with Gasteiger partial charge in [0.05, 0.1) is 6.10 Å². The summed E-state index contributed by atoms with van der Waals surface area (Å²) in [6, 6.07) is 7.71. The number of halogens is 1. The number of rotatable bonds is 4. The average Bonchev–Trinajstić information content (AvgIpc) is 2.35. The van der Waals surface area contributed by atoms with E-state index >= 15 is 0 Å². The largest absolute Gasteiger partial charge is 0.444 e. The van der Waals surface area contributed by atoms with Crippen LogP contribution in [0.3, 0.4) is 0 Å². The summed E-state index contributed by atoms with van der Waals surface area (Å²) < 4.78 is 11.3. The van der Waals surface area contributed by atoms with E-state index in [4.69, 9.17) is 21.1 Å². The van der Waals surface area contributed by atoms with Crippen LogP contribution in [0.2, 0.25) is 5.02 Å². The van der Waals surface area contributed by atoms with E-state index in [1.807, 2.05) is 52.0 Å². The predicted octanol–water partition coefficient (Wildman–Crippen LogP) is 4.28. The first-order chi connectivity index (χ1) is 10.3. The third-order valence-electron chi connectivity index (χ3n) is 3.53. The van der Waals surface area contributed by atoms with Gasteiger partial charge in [0.2, 0.25) is 0 Å². The quantitative estimate of drug-likeness (QED) is 0.829. The molecule has 1 aliphatic heterocycles. The van der Waals surface area contributed by atoms with Gasteiger partial charge < -0.3 is 14.4 Å². The molecule has 0 spiro atoms. The van der Waals surface area contributed by atoms with Crippen molar-refractivity contribution in [3.05, 3.63) is 34.9 Å².